The number of hydrogen-bond acceptors (Lipinski definition) is 4. The number of benzene rings is 1. The molecule has 24 heavy (non-hydrogen) atoms. The number of sulfonamides is 1. The maximum atomic E-state index is 12.8. The topological polar surface area (TPSA) is 68.1 Å². The van der Waals surface area contributed by atoms with Crippen LogP contribution in [0.25, 0.3) is 11.0 Å². The molecular weight excluding hydrogens is 324 g/mol. The Hall–Kier alpha value is -2.25. The van der Waals surface area contributed by atoms with Crippen LogP contribution in [0.1, 0.15) is 11.4 Å². The molecule has 6 nitrogen and oxygen atoms in total. The molecule has 0 unspecified atom stereocenters. The summed E-state index contributed by atoms with van der Waals surface area (Å²) in [5.41, 5.74) is 2.67. The van der Waals surface area contributed by atoms with Crippen molar-refractivity contribution in [1.82, 2.24) is 18.8 Å². The zero-order valence-corrected chi connectivity index (χ0v) is 14.8. The van der Waals surface area contributed by atoms with Gasteiger partial charge in [0.25, 0.3) is 0 Å². The van der Waals surface area contributed by atoms with E-state index >= 15 is 0 Å². The van der Waals surface area contributed by atoms with Crippen LogP contribution in [0.15, 0.2) is 47.6 Å². The Labute approximate surface area is 141 Å². The minimum absolute atomic E-state index is 0.269. The second-order valence-corrected chi connectivity index (χ2v) is 7.85. The molecule has 2 heterocycles. The molecule has 126 valence electrons. The SMILES string of the molecule is Cc1nc2cc(S(=O)(=O)N(C)CCc3ccncc3)ccc2n1C. The summed E-state index contributed by atoms with van der Waals surface area (Å²) in [7, 11) is -0.0178. The van der Waals surface area contributed by atoms with Gasteiger partial charge in [-0.3, -0.25) is 4.98 Å². The summed E-state index contributed by atoms with van der Waals surface area (Å²) in [6.07, 6.45) is 4.06. The summed E-state index contributed by atoms with van der Waals surface area (Å²) in [4.78, 5) is 8.65. The second-order valence-electron chi connectivity index (χ2n) is 5.80. The molecule has 2 aromatic heterocycles. The molecule has 0 spiro atoms. The Kier molecular flexibility index (Phi) is 4.38. The van der Waals surface area contributed by atoms with Gasteiger partial charge in [-0.2, -0.15) is 0 Å². The van der Waals surface area contributed by atoms with Gasteiger partial charge in [0.1, 0.15) is 5.82 Å². The Bertz CT molecular complexity index is 965. The molecule has 0 saturated heterocycles. The molecule has 3 aromatic rings. The smallest absolute Gasteiger partial charge is 0.242 e. The van der Waals surface area contributed by atoms with E-state index in [4.69, 9.17) is 0 Å². The summed E-state index contributed by atoms with van der Waals surface area (Å²) in [6, 6.07) is 8.87. The van der Waals surface area contributed by atoms with Crippen LogP contribution in [0, 0.1) is 6.92 Å². The highest BCUT2D eigenvalue weighted by Gasteiger charge is 2.21. The minimum atomic E-state index is -3.54. The molecule has 0 atom stereocenters. The van der Waals surface area contributed by atoms with Crippen LogP contribution in [0.5, 0.6) is 0 Å². The lowest BCUT2D eigenvalue weighted by Crippen LogP contribution is -2.29. The molecule has 1 aromatic carbocycles. The maximum Gasteiger partial charge on any atom is 0.242 e. The number of hydrogen-bond donors (Lipinski definition) is 0. The van der Waals surface area contributed by atoms with Crippen molar-refractivity contribution in [3.63, 3.8) is 0 Å². The van der Waals surface area contributed by atoms with Gasteiger partial charge in [0.05, 0.1) is 15.9 Å². The molecule has 0 N–H and O–H groups in total. The van der Waals surface area contributed by atoms with Gasteiger partial charge in [-0.1, -0.05) is 0 Å². The van der Waals surface area contributed by atoms with E-state index in [1.54, 1.807) is 37.6 Å². The van der Waals surface area contributed by atoms with Crippen molar-refractivity contribution < 1.29 is 8.42 Å². The summed E-state index contributed by atoms with van der Waals surface area (Å²) >= 11 is 0. The van der Waals surface area contributed by atoms with E-state index in [1.165, 1.54) is 4.31 Å². The number of rotatable bonds is 5. The van der Waals surface area contributed by atoms with Crippen molar-refractivity contribution in [2.45, 2.75) is 18.2 Å². The van der Waals surface area contributed by atoms with Crippen molar-refractivity contribution in [1.29, 1.82) is 0 Å². The molecule has 0 aliphatic rings. The summed E-state index contributed by atoms with van der Waals surface area (Å²) in [5.74, 6) is 0.852. The lowest BCUT2D eigenvalue weighted by molar-refractivity contribution is 0.472. The van der Waals surface area contributed by atoms with Gasteiger partial charge in [-0.15, -0.1) is 0 Å². The molecule has 0 aliphatic carbocycles. The average Bonchev–Trinajstić information content (AvgIpc) is 2.87. The van der Waals surface area contributed by atoms with Crippen molar-refractivity contribution in [3.8, 4) is 0 Å². The van der Waals surface area contributed by atoms with Gasteiger partial charge < -0.3 is 4.57 Å². The number of nitrogens with zero attached hydrogens (tertiary/aromatic N) is 4. The Morgan fingerprint density at radius 1 is 1.17 bits per heavy atom. The van der Waals surface area contributed by atoms with Gasteiger partial charge in [-0.25, -0.2) is 17.7 Å². The number of pyridine rings is 1. The zero-order chi connectivity index (χ0) is 17.3. The highest BCUT2D eigenvalue weighted by atomic mass is 32.2. The molecule has 0 fully saturated rings. The summed E-state index contributed by atoms with van der Waals surface area (Å²) in [5, 5.41) is 0. The Morgan fingerprint density at radius 2 is 1.88 bits per heavy atom. The second kappa shape index (κ2) is 6.33. The molecule has 0 bridgehead atoms. The first-order chi connectivity index (χ1) is 11.4. The number of imidazole rings is 1. The maximum absolute atomic E-state index is 12.8. The van der Waals surface area contributed by atoms with Gasteiger partial charge in [0.2, 0.25) is 10.0 Å². The van der Waals surface area contributed by atoms with Gasteiger partial charge in [0, 0.05) is 33.0 Å². The highest BCUT2D eigenvalue weighted by molar-refractivity contribution is 7.89. The lowest BCUT2D eigenvalue weighted by Gasteiger charge is -2.17. The number of likely N-dealkylation sites (N-methyl/N-ethyl adjacent to an activating group) is 1. The van der Waals surface area contributed by atoms with Crippen LogP contribution in [0.2, 0.25) is 0 Å². The standard InChI is InChI=1S/C17H20N4O2S/c1-13-19-16-12-15(4-5-17(16)21(13)3)24(22,23)20(2)11-8-14-6-9-18-10-7-14/h4-7,9-10,12H,8,11H2,1-3H3. The monoisotopic (exact) mass is 344 g/mol. The van der Waals surface area contributed by atoms with Crippen LogP contribution in [-0.4, -0.2) is 40.9 Å². The lowest BCUT2D eigenvalue weighted by atomic mass is 10.2. The molecular formula is C17H20N4O2S. The zero-order valence-electron chi connectivity index (χ0n) is 14.0. The Morgan fingerprint density at radius 3 is 2.58 bits per heavy atom. The molecule has 0 amide bonds. The van der Waals surface area contributed by atoms with Crippen LogP contribution in [0.3, 0.4) is 0 Å². The third-order valence-electron chi connectivity index (χ3n) is 4.25. The highest BCUT2D eigenvalue weighted by Crippen LogP contribution is 2.21. The first kappa shape index (κ1) is 16.6. The van der Waals surface area contributed by atoms with E-state index in [-0.39, 0.29) is 4.90 Å². The van der Waals surface area contributed by atoms with Crippen molar-refractivity contribution in [3.05, 3.63) is 54.1 Å². The van der Waals surface area contributed by atoms with E-state index in [2.05, 4.69) is 9.97 Å². The van der Waals surface area contributed by atoms with Gasteiger partial charge >= 0.3 is 0 Å². The fraction of sp³-hybridized carbons (Fsp3) is 0.294. The molecule has 0 aliphatic heterocycles. The Balaban J connectivity index is 1.84. The fourth-order valence-corrected chi connectivity index (χ4v) is 3.79. The van der Waals surface area contributed by atoms with Crippen LogP contribution < -0.4 is 0 Å². The van der Waals surface area contributed by atoms with Gasteiger partial charge in [0.15, 0.2) is 0 Å². The van der Waals surface area contributed by atoms with Crippen molar-refractivity contribution in [2.24, 2.45) is 7.05 Å². The predicted octanol–water partition coefficient (Wildman–Crippen LogP) is 2.14. The van der Waals surface area contributed by atoms with E-state index in [9.17, 15) is 8.42 Å². The van der Waals surface area contributed by atoms with Crippen LogP contribution in [-0.2, 0) is 23.5 Å². The minimum Gasteiger partial charge on any atom is -0.331 e. The van der Waals surface area contributed by atoms with Crippen LogP contribution >= 0.6 is 0 Å². The molecule has 7 heteroatoms. The van der Waals surface area contributed by atoms with Gasteiger partial charge in [-0.05, 0) is 49.2 Å². The third kappa shape index (κ3) is 3.05. The fourth-order valence-electron chi connectivity index (χ4n) is 2.60. The van der Waals surface area contributed by atoms with E-state index in [0.717, 1.165) is 16.9 Å². The molecule has 3 rings (SSSR count). The number of aromatic nitrogens is 3. The quantitative estimate of drug-likeness (QED) is 0.711. The first-order valence-corrected chi connectivity index (χ1v) is 9.12. The van der Waals surface area contributed by atoms with E-state index in [0.29, 0.717) is 18.5 Å². The predicted molar refractivity (Wildman–Crippen MR) is 93.2 cm³/mol. The summed E-state index contributed by atoms with van der Waals surface area (Å²) in [6.45, 7) is 2.31. The van der Waals surface area contributed by atoms with Crippen molar-refractivity contribution >= 4 is 21.1 Å². The normalized spacial score (nSPS) is 12.2. The van der Waals surface area contributed by atoms with E-state index < -0.39 is 10.0 Å². The third-order valence-corrected chi connectivity index (χ3v) is 6.10. The van der Waals surface area contributed by atoms with Crippen molar-refractivity contribution in [2.75, 3.05) is 13.6 Å². The number of aryl methyl sites for hydroxylation is 2. The molecule has 0 saturated carbocycles. The van der Waals surface area contributed by atoms with E-state index in [1.807, 2.05) is 30.7 Å². The summed E-state index contributed by atoms with van der Waals surface area (Å²) < 4.78 is 28.9. The van der Waals surface area contributed by atoms with Crippen LogP contribution in [0.4, 0.5) is 0 Å². The average molecular weight is 344 g/mol. The largest absolute Gasteiger partial charge is 0.331 e. The first-order valence-electron chi connectivity index (χ1n) is 7.68. The number of fused-ring (bicyclic) bond motifs is 1. The molecule has 0 radical (unpaired) electrons.